The lowest BCUT2D eigenvalue weighted by Crippen LogP contribution is -2.35. The van der Waals surface area contributed by atoms with Crippen molar-refractivity contribution in [2.24, 2.45) is 0 Å². The molecule has 1 aromatic rings. The molecule has 1 aliphatic heterocycles. The maximum absolute atomic E-state index is 12.1. The van der Waals surface area contributed by atoms with Gasteiger partial charge in [0.05, 0.1) is 10.6 Å². The van der Waals surface area contributed by atoms with Crippen LogP contribution in [0.1, 0.15) is 35.2 Å². The number of amides is 1. The first-order valence-electron chi connectivity index (χ1n) is 6.44. The molecule has 18 heavy (non-hydrogen) atoms. The second kappa shape index (κ2) is 6.21. The van der Waals surface area contributed by atoms with Crippen LogP contribution in [0.15, 0.2) is 18.2 Å². The standard InChI is InChI=1S/C14H19ClN2O/c1-10-4-5-12(13(15)9-10)14(18)17-11-3-2-7-16-8-6-11/h4-5,9,11,16H,2-3,6-8H2,1H3,(H,17,18). The topological polar surface area (TPSA) is 41.1 Å². The van der Waals surface area contributed by atoms with Gasteiger partial charge in [0.2, 0.25) is 0 Å². The zero-order chi connectivity index (χ0) is 13.0. The van der Waals surface area contributed by atoms with Gasteiger partial charge in [-0.05, 0) is 57.0 Å². The van der Waals surface area contributed by atoms with Gasteiger partial charge in [0.1, 0.15) is 0 Å². The van der Waals surface area contributed by atoms with E-state index in [1.807, 2.05) is 19.1 Å². The highest BCUT2D eigenvalue weighted by Gasteiger charge is 2.17. The van der Waals surface area contributed by atoms with Crippen molar-refractivity contribution >= 4 is 17.5 Å². The van der Waals surface area contributed by atoms with Gasteiger partial charge in [-0.3, -0.25) is 4.79 Å². The van der Waals surface area contributed by atoms with E-state index < -0.39 is 0 Å². The largest absolute Gasteiger partial charge is 0.349 e. The summed E-state index contributed by atoms with van der Waals surface area (Å²) in [5, 5.41) is 6.93. The van der Waals surface area contributed by atoms with E-state index in [0.717, 1.165) is 37.9 Å². The molecule has 1 saturated heterocycles. The van der Waals surface area contributed by atoms with Gasteiger partial charge in [0.15, 0.2) is 0 Å². The van der Waals surface area contributed by atoms with Crippen LogP contribution in [0.4, 0.5) is 0 Å². The van der Waals surface area contributed by atoms with Gasteiger partial charge in [-0.1, -0.05) is 17.7 Å². The normalized spacial score (nSPS) is 20.2. The second-order valence-corrected chi connectivity index (χ2v) is 5.24. The number of carbonyl (C=O) groups excluding carboxylic acids is 1. The first kappa shape index (κ1) is 13.4. The monoisotopic (exact) mass is 266 g/mol. The molecule has 0 bridgehead atoms. The van der Waals surface area contributed by atoms with Crippen LogP contribution < -0.4 is 10.6 Å². The predicted molar refractivity (Wildman–Crippen MR) is 74.2 cm³/mol. The molecule has 2 N–H and O–H groups in total. The molecule has 1 heterocycles. The fraction of sp³-hybridized carbons (Fsp3) is 0.500. The van der Waals surface area contributed by atoms with Crippen LogP contribution in [0.25, 0.3) is 0 Å². The third kappa shape index (κ3) is 3.47. The molecule has 98 valence electrons. The third-order valence-corrected chi connectivity index (χ3v) is 3.59. The minimum atomic E-state index is -0.0631. The van der Waals surface area contributed by atoms with Gasteiger partial charge in [-0.2, -0.15) is 0 Å². The number of halogens is 1. The van der Waals surface area contributed by atoms with Crippen molar-refractivity contribution in [1.82, 2.24) is 10.6 Å². The van der Waals surface area contributed by atoms with Crippen LogP contribution >= 0.6 is 11.6 Å². The van der Waals surface area contributed by atoms with Crippen molar-refractivity contribution in [2.75, 3.05) is 13.1 Å². The van der Waals surface area contributed by atoms with Crippen LogP contribution in [0, 0.1) is 6.92 Å². The van der Waals surface area contributed by atoms with Gasteiger partial charge < -0.3 is 10.6 Å². The Hall–Kier alpha value is -1.06. The van der Waals surface area contributed by atoms with Gasteiger partial charge in [-0.15, -0.1) is 0 Å². The quantitative estimate of drug-likeness (QED) is 0.864. The molecule has 1 aliphatic rings. The Kier molecular flexibility index (Phi) is 4.61. The van der Waals surface area contributed by atoms with Crippen molar-refractivity contribution < 1.29 is 4.79 Å². The zero-order valence-corrected chi connectivity index (χ0v) is 11.4. The van der Waals surface area contributed by atoms with E-state index in [9.17, 15) is 4.79 Å². The minimum Gasteiger partial charge on any atom is -0.349 e. The average molecular weight is 267 g/mol. The van der Waals surface area contributed by atoms with E-state index in [1.54, 1.807) is 6.07 Å². The average Bonchev–Trinajstić information content (AvgIpc) is 2.57. The highest BCUT2D eigenvalue weighted by molar-refractivity contribution is 6.33. The zero-order valence-electron chi connectivity index (χ0n) is 10.6. The van der Waals surface area contributed by atoms with Gasteiger partial charge in [-0.25, -0.2) is 0 Å². The molecule has 1 amide bonds. The van der Waals surface area contributed by atoms with Gasteiger partial charge in [0.25, 0.3) is 5.91 Å². The molecule has 0 spiro atoms. The van der Waals surface area contributed by atoms with Crippen molar-refractivity contribution in [3.05, 3.63) is 34.3 Å². The number of hydrogen-bond donors (Lipinski definition) is 2. The summed E-state index contributed by atoms with van der Waals surface area (Å²) in [7, 11) is 0. The summed E-state index contributed by atoms with van der Waals surface area (Å²) in [5.74, 6) is -0.0631. The van der Waals surface area contributed by atoms with E-state index in [1.165, 1.54) is 0 Å². The van der Waals surface area contributed by atoms with Crippen molar-refractivity contribution in [3.63, 3.8) is 0 Å². The molecule has 2 rings (SSSR count). The van der Waals surface area contributed by atoms with Crippen LogP contribution in [-0.4, -0.2) is 25.0 Å². The lowest BCUT2D eigenvalue weighted by atomic mass is 10.1. The van der Waals surface area contributed by atoms with E-state index >= 15 is 0 Å². The van der Waals surface area contributed by atoms with E-state index in [0.29, 0.717) is 10.6 Å². The van der Waals surface area contributed by atoms with E-state index in [4.69, 9.17) is 11.6 Å². The smallest absolute Gasteiger partial charge is 0.253 e. The number of aryl methyl sites for hydroxylation is 1. The Balaban J connectivity index is 2.02. The maximum atomic E-state index is 12.1. The number of carbonyl (C=O) groups is 1. The van der Waals surface area contributed by atoms with Crippen LogP contribution in [-0.2, 0) is 0 Å². The van der Waals surface area contributed by atoms with Crippen molar-refractivity contribution in [2.45, 2.75) is 32.2 Å². The number of nitrogens with one attached hydrogen (secondary N) is 2. The molecule has 1 aromatic carbocycles. The van der Waals surface area contributed by atoms with Gasteiger partial charge in [0, 0.05) is 6.04 Å². The summed E-state index contributed by atoms with van der Waals surface area (Å²) in [6.07, 6.45) is 3.12. The Bertz CT molecular complexity index is 426. The van der Waals surface area contributed by atoms with E-state index in [2.05, 4.69) is 10.6 Å². The first-order chi connectivity index (χ1) is 8.66. The molecule has 3 nitrogen and oxygen atoms in total. The molecule has 0 aliphatic carbocycles. The molecule has 4 heteroatoms. The predicted octanol–water partition coefficient (Wildman–Crippen LogP) is 2.52. The minimum absolute atomic E-state index is 0.0631. The molecule has 0 aromatic heterocycles. The maximum Gasteiger partial charge on any atom is 0.253 e. The summed E-state index contributed by atoms with van der Waals surface area (Å²) in [5.41, 5.74) is 1.63. The summed E-state index contributed by atoms with van der Waals surface area (Å²) in [6.45, 7) is 3.97. The summed E-state index contributed by atoms with van der Waals surface area (Å²) in [4.78, 5) is 12.1. The lowest BCUT2D eigenvalue weighted by Gasteiger charge is -2.16. The number of hydrogen-bond acceptors (Lipinski definition) is 2. The molecule has 1 unspecified atom stereocenters. The van der Waals surface area contributed by atoms with Crippen LogP contribution in [0.5, 0.6) is 0 Å². The summed E-state index contributed by atoms with van der Waals surface area (Å²) in [6, 6.07) is 5.78. The molecule has 0 radical (unpaired) electrons. The lowest BCUT2D eigenvalue weighted by molar-refractivity contribution is 0.0934. The Morgan fingerprint density at radius 1 is 1.39 bits per heavy atom. The second-order valence-electron chi connectivity index (χ2n) is 4.83. The summed E-state index contributed by atoms with van der Waals surface area (Å²) < 4.78 is 0. The summed E-state index contributed by atoms with van der Waals surface area (Å²) >= 11 is 6.10. The van der Waals surface area contributed by atoms with Crippen molar-refractivity contribution in [3.8, 4) is 0 Å². The number of benzene rings is 1. The Morgan fingerprint density at radius 2 is 2.22 bits per heavy atom. The molecule has 0 saturated carbocycles. The molecular formula is C14H19ClN2O. The number of rotatable bonds is 2. The fourth-order valence-electron chi connectivity index (χ4n) is 2.23. The molecular weight excluding hydrogens is 248 g/mol. The first-order valence-corrected chi connectivity index (χ1v) is 6.82. The molecule has 1 fully saturated rings. The Morgan fingerprint density at radius 3 is 3.00 bits per heavy atom. The highest BCUT2D eigenvalue weighted by atomic mass is 35.5. The SMILES string of the molecule is Cc1ccc(C(=O)NC2CCCNCC2)c(Cl)c1. The highest BCUT2D eigenvalue weighted by Crippen LogP contribution is 2.18. The molecule has 1 atom stereocenters. The van der Waals surface area contributed by atoms with Gasteiger partial charge >= 0.3 is 0 Å². The van der Waals surface area contributed by atoms with Crippen LogP contribution in [0.3, 0.4) is 0 Å². The Labute approximate surface area is 113 Å². The van der Waals surface area contributed by atoms with Crippen LogP contribution in [0.2, 0.25) is 5.02 Å². The fourth-order valence-corrected chi connectivity index (χ4v) is 2.55. The third-order valence-electron chi connectivity index (χ3n) is 3.28. The van der Waals surface area contributed by atoms with Crippen molar-refractivity contribution in [1.29, 1.82) is 0 Å². The van der Waals surface area contributed by atoms with E-state index in [-0.39, 0.29) is 11.9 Å².